The molecule has 0 bridgehead atoms. The predicted molar refractivity (Wildman–Crippen MR) is 74.9 cm³/mol. The Kier molecular flexibility index (Phi) is 3.41. The molecule has 1 saturated heterocycles. The van der Waals surface area contributed by atoms with Crippen LogP contribution in [0.25, 0.3) is 6.08 Å². The Labute approximate surface area is 122 Å². The van der Waals surface area contributed by atoms with E-state index in [1.54, 1.807) is 13.0 Å². The fourth-order valence-corrected chi connectivity index (χ4v) is 3.24. The predicted octanol–water partition coefficient (Wildman–Crippen LogP) is 2.68. The summed E-state index contributed by atoms with van der Waals surface area (Å²) in [7, 11) is 0. The summed E-state index contributed by atoms with van der Waals surface area (Å²) in [5.74, 6) is 0.396. The Morgan fingerprint density at radius 1 is 1.45 bits per heavy atom. The number of carbonyl (C=O) groups is 2. The number of rotatable bonds is 3. The Bertz CT molecular complexity index is 691. The van der Waals surface area contributed by atoms with Gasteiger partial charge >= 0.3 is 0 Å². The van der Waals surface area contributed by atoms with Crippen molar-refractivity contribution in [3.8, 4) is 0 Å². The number of imide groups is 1. The molecule has 0 spiro atoms. The number of amides is 2. The molecule has 0 radical (unpaired) electrons. The molecule has 6 nitrogen and oxygen atoms in total. The van der Waals surface area contributed by atoms with Gasteiger partial charge in [0.05, 0.1) is 4.91 Å². The molecule has 0 unspecified atom stereocenters. The standard InChI is InChI=1S/C12H9N3O3S2/c1-7-13-10(18-14-7)6-15-11(16)9(20-12(15)17)5-8-3-2-4-19-8/h2-5H,6H2,1H3/b9-5-. The van der Waals surface area contributed by atoms with Gasteiger partial charge in [0.1, 0.15) is 6.54 Å². The molecule has 20 heavy (non-hydrogen) atoms. The average molecular weight is 307 g/mol. The Morgan fingerprint density at radius 3 is 2.95 bits per heavy atom. The largest absolute Gasteiger partial charge is 0.337 e. The van der Waals surface area contributed by atoms with Crippen LogP contribution < -0.4 is 0 Å². The van der Waals surface area contributed by atoms with Crippen LogP contribution in [0.3, 0.4) is 0 Å². The van der Waals surface area contributed by atoms with Gasteiger partial charge in [0, 0.05) is 4.88 Å². The van der Waals surface area contributed by atoms with Gasteiger partial charge in [-0.1, -0.05) is 11.2 Å². The third kappa shape index (κ3) is 2.52. The van der Waals surface area contributed by atoms with Crippen molar-refractivity contribution in [2.75, 3.05) is 0 Å². The van der Waals surface area contributed by atoms with Crippen LogP contribution in [-0.2, 0) is 11.3 Å². The maximum atomic E-state index is 12.2. The van der Waals surface area contributed by atoms with E-state index in [1.165, 1.54) is 11.3 Å². The molecule has 102 valence electrons. The van der Waals surface area contributed by atoms with Crippen molar-refractivity contribution < 1.29 is 14.1 Å². The summed E-state index contributed by atoms with van der Waals surface area (Å²) < 4.78 is 4.93. The van der Waals surface area contributed by atoms with Crippen LogP contribution in [0.4, 0.5) is 4.79 Å². The summed E-state index contributed by atoms with van der Waals surface area (Å²) in [6.07, 6.45) is 1.72. The second kappa shape index (κ2) is 5.22. The van der Waals surface area contributed by atoms with E-state index in [0.717, 1.165) is 21.5 Å². The second-order valence-corrected chi connectivity index (χ2v) is 5.99. The lowest BCUT2D eigenvalue weighted by molar-refractivity contribution is -0.123. The van der Waals surface area contributed by atoms with Crippen molar-refractivity contribution >= 4 is 40.3 Å². The Hall–Kier alpha value is -1.93. The highest BCUT2D eigenvalue weighted by atomic mass is 32.2. The van der Waals surface area contributed by atoms with Gasteiger partial charge in [-0.15, -0.1) is 11.3 Å². The van der Waals surface area contributed by atoms with Crippen LogP contribution >= 0.6 is 23.1 Å². The number of carbonyl (C=O) groups excluding carboxylic acids is 2. The number of hydrogen-bond acceptors (Lipinski definition) is 7. The highest BCUT2D eigenvalue weighted by Crippen LogP contribution is 2.33. The van der Waals surface area contributed by atoms with E-state index >= 15 is 0 Å². The molecule has 1 aliphatic heterocycles. The van der Waals surface area contributed by atoms with E-state index in [1.807, 2.05) is 17.5 Å². The van der Waals surface area contributed by atoms with Gasteiger partial charge in [-0.2, -0.15) is 4.98 Å². The molecule has 1 aliphatic rings. The average Bonchev–Trinajstić information content (AvgIpc) is 3.10. The summed E-state index contributed by atoms with van der Waals surface area (Å²) in [6.45, 7) is 1.69. The molecule has 0 saturated carbocycles. The first-order valence-electron chi connectivity index (χ1n) is 5.71. The monoisotopic (exact) mass is 307 g/mol. The van der Waals surface area contributed by atoms with E-state index < -0.39 is 0 Å². The zero-order valence-electron chi connectivity index (χ0n) is 10.4. The third-order valence-electron chi connectivity index (χ3n) is 2.55. The van der Waals surface area contributed by atoms with Crippen LogP contribution in [0.5, 0.6) is 0 Å². The van der Waals surface area contributed by atoms with E-state index in [9.17, 15) is 9.59 Å². The lowest BCUT2D eigenvalue weighted by Crippen LogP contribution is -2.27. The highest BCUT2D eigenvalue weighted by molar-refractivity contribution is 8.18. The fourth-order valence-electron chi connectivity index (χ4n) is 1.68. The lowest BCUT2D eigenvalue weighted by Gasteiger charge is -2.08. The summed E-state index contributed by atoms with van der Waals surface area (Å²) >= 11 is 2.43. The minimum absolute atomic E-state index is 0.00723. The first kappa shape index (κ1) is 13.1. The second-order valence-electron chi connectivity index (χ2n) is 4.02. The zero-order chi connectivity index (χ0) is 14.1. The van der Waals surface area contributed by atoms with Crippen molar-refractivity contribution in [3.05, 3.63) is 39.0 Å². The van der Waals surface area contributed by atoms with E-state index in [0.29, 0.717) is 10.7 Å². The minimum atomic E-state index is -0.329. The van der Waals surface area contributed by atoms with Gasteiger partial charge in [0.2, 0.25) is 5.89 Å². The lowest BCUT2D eigenvalue weighted by atomic mass is 10.3. The number of thioether (sulfide) groups is 1. The van der Waals surface area contributed by atoms with Gasteiger partial charge in [-0.05, 0) is 36.2 Å². The van der Waals surface area contributed by atoms with Crippen molar-refractivity contribution in [1.82, 2.24) is 15.0 Å². The van der Waals surface area contributed by atoms with Crippen LogP contribution in [0.1, 0.15) is 16.6 Å². The van der Waals surface area contributed by atoms with Gasteiger partial charge in [0.15, 0.2) is 5.82 Å². The molecule has 2 aromatic rings. The number of thiophene rings is 1. The number of nitrogens with zero attached hydrogens (tertiary/aromatic N) is 3. The van der Waals surface area contributed by atoms with Crippen LogP contribution in [0, 0.1) is 6.92 Å². The molecule has 0 atom stereocenters. The topological polar surface area (TPSA) is 76.3 Å². The zero-order valence-corrected chi connectivity index (χ0v) is 12.0. The summed E-state index contributed by atoms with van der Waals surface area (Å²) in [6, 6.07) is 3.78. The van der Waals surface area contributed by atoms with Crippen LogP contribution in [0.2, 0.25) is 0 Å². The van der Waals surface area contributed by atoms with Crippen molar-refractivity contribution in [2.45, 2.75) is 13.5 Å². The van der Waals surface area contributed by atoms with Gasteiger partial charge < -0.3 is 4.52 Å². The van der Waals surface area contributed by atoms with E-state index in [2.05, 4.69) is 10.1 Å². The minimum Gasteiger partial charge on any atom is -0.337 e. The molecule has 3 rings (SSSR count). The van der Waals surface area contributed by atoms with Crippen molar-refractivity contribution in [3.63, 3.8) is 0 Å². The third-order valence-corrected chi connectivity index (χ3v) is 4.28. The van der Waals surface area contributed by atoms with Gasteiger partial charge in [-0.3, -0.25) is 14.5 Å². The fraction of sp³-hybridized carbons (Fsp3) is 0.167. The number of aryl methyl sites for hydroxylation is 1. The van der Waals surface area contributed by atoms with Crippen molar-refractivity contribution in [1.29, 1.82) is 0 Å². The Balaban J connectivity index is 1.80. The summed E-state index contributed by atoms with van der Waals surface area (Å²) in [4.78, 5) is 30.5. The molecule has 2 amide bonds. The maximum Gasteiger partial charge on any atom is 0.294 e. The molecule has 2 aromatic heterocycles. The summed E-state index contributed by atoms with van der Waals surface area (Å²) in [5, 5.41) is 5.22. The molecular weight excluding hydrogens is 298 g/mol. The quantitative estimate of drug-likeness (QED) is 0.811. The maximum absolute atomic E-state index is 12.2. The highest BCUT2D eigenvalue weighted by Gasteiger charge is 2.36. The molecule has 3 heterocycles. The smallest absolute Gasteiger partial charge is 0.294 e. The molecule has 0 N–H and O–H groups in total. The molecule has 8 heteroatoms. The first-order valence-corrected chi connectivity index (χ1v) is 7.41. The van der Waals surface area contributed by atoms with E-state index in [4.69, 9.17) is 4.52 Å². The van der Waals surface area contributed by atoms with Gasteiger partial charge in [-0.25, -0.2) is 0 Å². The SMILES string of the molecule is Cc1noc(CN2C(=O)S/C(=C\c3cccs3)C2=O)n1. The molecular formula is C12H9N3O3S2. The van der Waals surface area contributed by atoms with Crippen molar-refractivity contribution in [2.24, 2.45) is 0 Å². The first-order chi connectivity index (χ1) is 9.63. The Morgan fingerprint density at radius 2 is 2.30 bits per heavy atom. The molecule has 0 aromatic carbocycles. The summed E-state index contributed by atoms with van der Waals surface area (Å²) in [5.41, 5.74) is 0. The van der Waals surface area contributed by atoms with E-state index in [-0.39, 0.29) is 23.6 Å². The molecule has 0 aliphatic carbocycles. The van der Waals surface area contributed by atoms with Crippen LogP contribution in [0.15, 0.2) is 26.9 Å². The molecule has 1 fully saturated rings. The normalized spacial score (nSPS) is 17.4. The number of aromatic nitrogens is 2. The van der Waals surface area contributed by atoms with Crippen LogP contribution in [-0.4, -0.2) is 26.2 Å². The number of hydrogen-bond donors (Lipinski definition) is 0. The van der Waals surface area contributed by atoms with Gasteiger partial charge in [0.25, 0.3) is 11.1 Å².